The Morgan fingerprint density at radius 1 is 1.07 bits per heavy atom. The van der Waals surface area contributed by atoms with Crippen molar-refractivity contribution in [3.8, 4) is 11.4 Å². The van der Waals surface area contributed by atoms with Crippen molar-refractivity contribution >= 4 is 5.91 Å². The van der Waals surface area contributed by atoms with E-state index in [-0.39, 0.29) is 29.7 Å². The van der Waals surface area contributed by atoms with Gasteiger partial charge in [0, 0.05) is 36.0 Å². The van der Waals surface area contributed by atoms with Gasteiger partial charge in [-0.3, -0.25) is 9.78 Å². The van der Waals surface area contributed by atoms with Gasteiger partial charge in [-0.05, 0) is 55.5 Å². The molecular weight excluding hydrogens is 371 g/mol. The van der Waals surface area contributed by atoms with Crippen LogP contribution in [0, 0.1) is 5.82 Å². The van der Waals surface area contributed by atoms with Crippen LogP contribution in [0.2, 0.25) is 0 Å². The van der Waals surface area contributed by atoms with E-state index < -0.39 is 0 Å². The first kappa shape index (κ1) is 18.0. The minimum Gasteiger partial charge on any atom is -0.339 e. The largest absolute Gasteiger partial charge is 0.339 e. The van der Waals surface area contributed by atoms with Crippen LogP contribution in [0.3, 0.4) is 0 Å². The molecule has 7 heteroatoms. The molecule has 2 saturated heterocycles. The number of carbonyl (C=O) groups is 1. The fourth-order valence-corrected chi connectivity index (χ4v) is 4.67. The molecule has 2 aliphatic heterocycles. The van der Waals surface area contributed by atoms with E-state index in [2.05, 4.69) is 15.1 Å². The number of hydrogen-bond donors (Lipinski definition) is 0. The van der Waals surface area contributed by atoms with Crippen molar-refractivity contribution in [3.63, 3.8) is 0 Å². The molecule has 1 amide bonds. The van der Waals surface area contributed by atoms with Crippen molar-refractivity contribution in [1.82, 2.24) is 20.0 Å². The molecule has 29 heavy (non-hydrogen) atoms. The molecule has 0 aliphatic carbocycles. The van der Waals surface area contributed by atoms with Crippen LogP contribution < -0.4 is 0 Å². The summed E-state index contributed by atoms with van der Waals surface area (Å²) in [4.78, 5) is 23.6. The number of rotatable bonds is 4. The van der Waals surface area contributed by atoms with Gasteiger partial charge < -0.3 is 9.42 Å². The zero-order valence-corrected chi connectivity index (χ0v) is 15.9. The second-order valence-electron chi connectivity index (χ2n) is 7.85. The van der Waals surface area contributed by atoms with Gasteiger partial charge in [0.25, 0.3) is 0 Å². The highest BCUT2D eigenvalue weighted by molar-refractivity contribution is 5.80. The molecule has 3 aromatic rings. The molecule has 0 radical (unpaired) electrons. The van der Waals surface area contributed by atoms with E-state index in [1.165, 1.54) is 12.1 Å². The van der Waals surface area contributed by atoms with Gasteiger partial charge in [0.1, 0.15) is 5.82 Å². The lowest BCUT2D eigenvalue weighted by Gasteiger charge is -2.38. The molecule has 2 fully saturated rings. The summed E-state index contributed by atoms with van der Waals surface area (Å²) in [6, 6.07) is 10.3. The molecule has 6 nitrogen and oxygen atoms in total. The summed E-state index contributed by atoms with van der Waals surface area (Å²) in [6.45, 7) is 0. The Morgan fingerprint density at radius 3 is 2.45 bits per heavy atom. The zero-order valence-electron chi connectivity index (χ0n) is 15.9. The van der Waals surface area contributed by atoms with Gasteiger partial charge in [-0.25, -0.2) is 4.39 Å². The summed E-state index contributed by atoms with van der Waals surface area (Å²) in [6.07, 6.45) is 7.40. The maximum atomic E-state index is 13.1. The lowest BCUT2D eigenvalue weighted by Crippen LogP contribution is -2.46. The van der Waals surface area contributed by atoms with E-state index in [0.29, 0.717) is 18.1 Å². The fourth-order valence-electron chi connectivity index (χ4n) is 4.67. The number of amides is 1. The normalized spacial score (nSPS) is 23.3. The number of aromatic nitrogens is 3. The second-order valence-corrected chi connectivity index (χ2v) is 7.85. The van der Waals surface area contributed by atoms with Crippen LogP contribution in [-0.4, -0.2) is 38.0 Å². The van der Waals surface area contributed by atoms with Gasteiger partial charge in [0.2, 0.25) is 17.6 Å². The smallest absolute Gasteiger partial charge is 0.230 e. The van der Waals surface area contributed by atoms with Crippen molar-refractivity contribution < 1.29 is 13.7 Å². The molecule has 0 saturated carbocycles. The Balaban J connectivity index is 1.28. The lowest BCUT2D eigenvalue weighted by molar-refractivity contribution is -0.135. The van der Waals surface area contributed by atoms with E-state index in [0.717, 1.165) is 36.8 Å². The Hall–Kier alpha value is -3.09. The number of pyridine rings is 1. The molecule has 0 N–H and O–H groups in total. The molecule has 4 heterocycles. The topological polar surface area (TPSA) is 72.1 Å². The van der Waals surface area contributed by atoms with Crippen LogP contribution in [-0.2, 0) is 11.2 Å². The summed E-state index contributed by atoms with van der Waals surface area (Å²) >= 11 is 0. The molecule has 2 aliphatic rings. The lowest BCUT2D eigenvalue weighted by atomic mass is 9.90. The van der Waals surface area contributed by atoms with Crippen LogP contribution in [0.4, 0.5) is 4.39 Å². The quantitative estimate of drug-likeness (QED) is 0.676. The SMILES string of the molecule is O=C(Cc1ccc(F)cc1)N1[C@@H]2CC[C@H]1CC(c1nc(-c3ccncc3)no1)C2. The van der Waals surface area contributed by atoms with Gasteiger partial charge in [-0.2, -0.15) is 4.98 Å². The Bertz CT molecular complexity index is 991. The van der Waals surface area contributed by atoms with Crippen molar-refractivity contribution in [1.29, 1.82) is 0 Å². The summed E-state index contributed by atoms with van der Waals surface area (Å²) in [5.74, 6) is 1.23. The Kier molecular flexibility index (Phi) is 4.58. The maximum absolute atomic E-state index is 13.1. The minimum absolute atomic E-state index is 0.116. The highest BCUT2D eigenvalue weighted by Crippen LogP contribution is 2.43. The van der Waals surface area contributed by atoms with E-state index in [1.807, 2.05) is 17.0 Å². The van der Waals surface area contributed by atoms with Gasteiger partial charge in [0.15, 0.2) is 0 Å². The van der Waals surface area contributed by atoms with Gasteiger partial charge in [0.05, 0.1) is 6.42 Å². The molecule has 3 atom stereocenters. The standard InChI is InChI=1S/C22H21FN4O2/c23-17-3-1-14(2-4-17)11-20(28)27-18-5-6-19(27)13-16(12-18)22-25-21(26-29-22)15-7-9-24-10-8-15/h1-4,7-10,16,18-19H,5-6,11-13H2/t16?,18-,19+. The average Bonchev–Trinajstić information content (AvgIpc) is 3.33. The third-order valence-electron chi connectivity index (χ3n) is 6.02. The third-order valence-corrected chi connectivity index (χ3v) is 6.02. The Morgan fingerprint density at radius 2 is 1.76 bits per heavy atom. The minimum atomic E-state index is -0.284. The first-order valence-corrected chi connectivity index (χ1v) is 9.97. The average molecular weight is 392 g/mol. The van der Waals surface area contributed by atoms with Crippen LogP contribution in [0.25, 0.3) is 11.4 Å². The molecule has 2 aromatic heterocycles. The van der Waals surface area contributed by atoms with Crippen molar-refractivity contribution in [2.24, 2.45) is 0 Å². The van der Waals surface area contributed by atoms with Gasteiger partial charge in [-0.1, -0.05) is 17.3 Å². The van der Waals surface area contributed by atoms with Gasteiger partial charge in [-0.15, -0.1) is 0 Å². The summed E-state index contributed by atoms with van der Waals surface area (Å²) in [5.41, 5.74) is 1.72. The molecule has 1 unspecified atom stereocenters. The van der Waals surface area contributed by atoms with Crippen molar-refractivity contribution in [2.45, 2.75) is 50.1 Å². The highest BCUT2D eigenvalue weighted by Gasteiger charge is 2.44. The number of hydrogen-bond acceptors (Lipinski definition) is 5. The van der Waals surface area contributed by atoms with Crippen LogP contribution >= 0.6 is 0 Å². The van der Waals surface area contributed by atoms with Gasteiger partial charge >= 0.3 is 0 Å². The molecule has 5 rings (SSSR count). The van der Waals surface area contributed by atoms with E-state index in [4.69, 9.17) is 4.52 Å². The molecular formula is C22H21FN4O2. The summed E-state index contributed by atoms with van der Waals surface area (Å²) in [7, 11) is 0. The predicted molar refractivity (Wildman–Crippen MR) is 103 cm³/mol. The molecule has 0 spiro atoms. The van der Waals surface area contributed by atoms with Crippen LogP contribution in [0.5, 0.6) is 0 Å². The monoisotopic (exact) mass is 392 g/mol. The molecule has 148 valence electrons. The number of halogens is 1. The highest BCUT2D eigenvalue weighted by atomic mass is 19.1. The number of nitrogens with zero attached hydrogens (tertiary/aromatic N) is 4. The summed E-state index contributed by atoms with van der Waals surface area (Å²) in [5, 5.41) is 4.12. The van der Waals surface area contributed by atoms with Crippen molar-refractivity contribution in [2.75, 3.05) is 0 Å². The van der Waals surface area contributed by atoms with E-state index in [9.17, 15) is 9.18 Å². The van der Waals surface area contributed by atoms with E-state index in [1.54, 1.807) is 24.5 Å². The van der Waals surface area contributed by atoms with Crippen LogP contribution in [0.1, 0.15) is 43.1 Å². The fraction of sp³-hybridized carbons (Fsp3) is 0.364. The maximum Gasteiger partial charge on any atom is 0.230 e. The number of benzene rings is 1. The first-order chi connectivity index (χ1) is 14.2. The number of fused-ring (bicyclic) bond motifs is 2. The zero-order chi connectivity index (χ0) is 19.8. The van der Waals surface area contributed by atoms with Crippen LogP contribution in [0.15, 0.2) is 53.3 Å². The van der Waals surface area contributed by atoms with Crippen molar-refractivity contribution in [3.05, 3.63) is 66.1 Å². The summed E-state index contributed by atoms with van der Waals surface area (Å²) < 4.78 is 18.7. The Labute approximate surface area is 167 Å². The number of piperidine rings is 1. The predicted octanol–water partition coefficient (Wildman–Crippen LogP) is 3.75. The molecule has 2 bridgehead atoms. The third kappa shape index (κ3) is 3.52. The second kappa shape index (κ2) is 7.39. The molecule has 1 aromatic carbocycles. The number of carbonyl (C=O) groups excluding carboxylic acids is 1. The first-order valence-electron chi connectivity index (χ1n) is 9.97. The van der Waals surface area contributed by atoms with E-state index >= 15 is 0 Å².